The minimum absolute atomic E-state index is 0.120. The molecule has 7 heteroatoms. The number of hydrogen-bond acceptors (Lipinski definition) is 5. The minimum Gasteiger partial charge on any atom is -0.497 e. The highest BCUT2D eigenvalue weighted by Crippen LogP contribution is 2.15. The van der Waals surface area contributed by atoms with Crippen molar-refractivity contribution in [1.29, 1.82) is 0 Å². The molecular formula is C15H17N5O2. The lowest BCUT2D eigenvalue weighted by Gasteiger charge is -2.05. The van der Waals surface area contributed by atoms with Gasteiger partial charge < -0.3 is 10.1 Å². The normalized spacial score (nSPS) is 10.9. The number of nitrogens with one attached hydrogen (secondary N) is 2. The van der Waals surface area contributed by atoms with Gasteiger partial charge in [-0.1, -0.05) is 0 Å². The van der Waals surface area contributed by atoms with E-state index in [9.17, 15) is 4.79 Å². The fourth-order valence-corrected chi connectivity index (χ4v) is 2.12. The quantitative estimate of drug-likeness (QED) is 0.765. The third-order valence-corrected chi connectivity index (χ3v) is 3.56. The van der Waals surface area contributed by atoms with Crippen molar-refractivity contribution in [3.63, 3.8) is 0 Å². The molecule has 0 saturated carbocycles. The first-order chi connectivity index (χ1) is 10.6. The van der Waals surface area contributed by atoms with Gasteiger partial charge in [0.1, 0.15) is 11.6 Å². The average molecular weight is 299 g/mol. The molecule has 0 amide bonds. The molecule has 0 fully saturated rings. The molecule has 7 nitrogen and oxygen atoms in total. The minimum atomic E-state index is -0.120. The molecule has 1 aromatic carbocycles. The fraction of sp³-hybridized carbons (Fsp3) is 0.267. The Labute approximate surface area is 127 Å². The van der Waals surface area contributed by atoms with E-state index in [2.05, 4.69) is 20.4 Å². The molecule has 2 N–H and O–H groups in total. The van der Waals surface area contributed by atoms with Crippen LogP contribution in [0.2, 0.25) is 0 Å². The van der Waals surface area contributed by atoms with Crippen molar-refractivity contribution in [1.82, 2.24) is 19.6 Å². The Morgan fingerprint density at radius 3 is 2.64 bits per heavy atom. The van der Waals surface area contributed by atoms with Gasteiger partial charge in [0.2, 0.25) is 0 Å². The number of nitrogens with zero attached hydrogens (tertiary/aromatic N) is 3. The molecule has 3 aromatic rings. The Morgan fingerprint density at radius 2 is 1.95 bits per heavy atom. The first kappa shape index (κ1) is 14.1. The van der Waals surface area contributed by atoms with Crippen molar-refractivity contribution < 1.29 is 4.74 Å². The molecule has 0 unspecified atom stereocenters. The number of hydrogen-bond donors (Lipinski definition) is 2. The monoisotopic (exact) mass is 299 g/mol. The van der Waals surface area contributed by atoms with E-state index in [0.717, 1.165) is 11.4 Å². The summed E-state index contributed by atoms with van der Waals surface area (Å²) >= 11 is 0. The van der Waals surface area contributed by atoms with Gasteiger partial charge in [-0.2, -0.15) is 9.50 Å². The SMILES string of the molecule is COc1ccc(NCc2nc3nc(C)c(C)c(=O)n3[nH]2)cc1. The standard InChI is InChI=1S/C15H17N5O2/c1-9-10(2)17-15-18-13(19-20(15)14(9)21)8-16-11-4-6-12(22-3)7-5-11/h4-7,16H,8H2,1-3H3,(H,17,18,19). The first-order valence-electron chi connectivity index (χ1n) is 6.91. The topological polar surface area (TPSA) is 84.3 Å². The van der Waals surface area contributed by atoms with Crippen LogP contribution in [-0.2, 0) is 6.54 Å². The Kier molecular flexibility index (Phi) is 3.54. The largest absolute Gasteiger partial charge is 0.497 e. The zero-order valence-corrected chi connectivity index (χ0v) is 12.7. The Morgan fingerprint density at radius 1 is 1.23 bits per heavy atom. The predicted molar refractivity (Wildman–Crippen MR) is 83.4 cm³/mol. The lowest BCUT2D eigenvalue weighted by Crippen LogP contribution is -2.19. The highest BCUT2D eigenvalue weighted by Gasteiger charge is 2.09. The molecular weight excluding hydrogens is 282 g/mol. The van der Waals surface area contributed by atoms with E-state index in [0.29, 0.717) is 29.4 Å². The summed E-state index contributed by atoms with van der Waals surface area (Å²) in [5, 5.41) is 6.20. The van der Waals surface area contributed by atoms with E-state index < -0.39 is 0 Å². The van der Waals surface area contributed by atoms with Crippen LogP contribution in [0.25, 0.3) is 5.78 Å². The summed E-state index contributed by atoms with van der Waals surface area (Å²) in [4.78, 5) is 20.8. The average Bonchev–Trinajstić information content (AvgIpc) is 2.94. The first-order valence-corrected chi connectivity index (χ1v) is 6.91. The maximum Gasteiger partial charge on any atom is 0.277 e. The van der Waals surface area contributed by atoms with E-state index in [-0.39, 0.29) is 5.56 Å². The molecule has 0 spiro atoms. The molecule has 0 atom stereocenters. The summed E-state index contributed by atoms with van der Waals surface area (Å²) in [5.41, 5.74) is 2.14. The van der Waals surface area contributed by atoms with Crippen LogP contribution in [0, 0.1) is 13.8 Å². The van der Waals surface area contributed by atoms with Crippen LogP contribution in [0.4, 0.5) is 5.69 Å². The maximum absolute atomic E-state index is 12.1. The number of aromatic amines is 1. The summed E-state index contributed by atoms with van der Waals surface area (Å²) in [6, 6.07) is 7.58. The van der Waals surface area contributed by atoms with Crippen molar-refractivity contribution in [2.75, 3.05) is 12.4 Å². The molecule has 114 valence electrons. The Bertz CT molecular complexity index is 864. The number of ether oxygens (including phenoxy) is 1. The van der Waals surface area contributed by atoms with Crippen LogP contribution < -0.4 is 15.6 Å². The summed E-state index contributed by atoms with van der Waals surface area (Å²) in [7, 11) is 1.63. The van der Waals surface area contributed by atoms with E-state index in [1.807, 2.05) is 24.3 Å². The number of benzene rings is 1. The van der Waals surface area contributed by atoms with E-state index in [4.69, 9.17) is 4.74 Å². The summed E-state index contributed by atoms with van der Waals surface area (Å²) in [6.07, 6.45) is 0. The van der Waals surface area contributed by atoms with Crippen LogP contribution in [0.1, 0.15) is 17.1 Å². The number of fused-ring (bicyclic) bond motifs is 1. The van der Waals surface area contributed by atoms with Crippen molar-refractivity contribution >= 4 is 11.5 Å². The third-order valence-electron chi connectivity index (χ3n) is 3.56. The van der Waals surface area contributed by atoms with Gasteiger partial charge in [-0.05, 0) is 38.1 Å². The number of aromatic nitrogens is 4. The van der Waals surface area contributed by atoms with Crippen molar-refractivity contribution in [2.24, 2.45) is 0 Å². The van der Waals surface area contributed by atoms with Gasteiger partial charge >= 0.3 is 0 Å². The number of H-pyrrole nitrogens is 1. The molecule has 2 aromatic heterocycles. The molecule has 0 bridgehead atoms. The van der Waals surface area contributed by atoms with Gasteiger partial charge in [0, 0.05) is 16.9 Å². The highest BCUT2D eigenvalue weighted by atomic mass is 16.5. The second-order valence-corrected chi connectivity index (χ2v) is 5.02. The van der Waals surface area contributed by atoms with Gasteiger partial charge in [-0.3, -0.25) is 9.89 Å². The molecule has 0 aliphatic rings. The molecule has 3 rings (SSSR count). The van der Waals surface area contributed by atoms with Gasteiger partial charge in [0.05, 0.1) is 13.7 Å². The molecule has 0 aliphatic heterocycles. The lowest BCUT2D eigenvalue weighted by atomic mass is 10.3. The second-order valence-electron chi connectivity index (χ2n) is 5.02. The zero-order valence-electron chi connectivity index (χ0n) is 12.7. The summed E-state index contributed by atoms with van der Waals surface area (Å²) in [6.45, 7) is 4.03. The fourth-order valence-electron chi connectivity index (χ4n) is 2.12. The predicted octanol–water partition coefficient (Wildman–Crippen LogP) is 1.66. The lowest BCUT2D eigenvalue weighted by molar-refractivity contribution is 0.415. The number of aryl methyl sites for hydroxylation is 1. The van der Waals surface area contributed by atoms with E-state index >= 15 is 0 Å². The summed E-state index contributed by atoms with van der Waals surface area (Å²) in [5.74, 6) is 1.83. The van der Waals surface area contributed by atoms with E-state index in [1.54, 1.807) is 21.0 Å². The Balaban J connectivity index is 1.82. The Hall–Kier alpha value is -2.83. The zero-order chi connectivity index (χ0) is 15.7. The molecule has 0 radical (unpaired) electrons. The van der Waals surface area contributed by atoms with Crippen molar-refractivity contribution in [2.45, 2.75) is 20.4 Å². The van der Waals surface area contributed by atoms with Crippen LogP contribution in [0.15, 0.2) is 29.1 Å². The number of rotatable bonds is 4. The van der Waals surface area contributed by atoms with Crippen LogP contribution in [-0.4, -0.2) is 26.7 Å². The van der Waals surface area contributed by atoms with E-state index in [1.165, 1.54) is 4.52 Å². The number of methoxy groups -OCH3 is 1. The molecule has 0 saturated heterocycles. The van der Waals surface area contributed by atoms with Gasteiger partial charge in [-0.15, -0.1) is 0 Å². The molecule has 22 heavy (non-hydrogen) atoms. The summed E-state index contributed by atoms with van der Waals surface area (Å²) < 4.78 is 6.48. The third kappa shape index (κ3) is 2.52. The maximum atomic E-state index is 12.1. The smallest absolute Gasteiger partial charge is 0.277 e. The molecule has 0 aliphatic carbocycles. The van der Waals surface area contributed by atoms with Gasteiger partial charge in [0.15, 0.2) is 0 Å². The van der Waals surface area contributed by atoms with Gasteiger partial charge in [0.25, 0.3) is 11.3 Å². The van der Waals surface area contributed by atoms with Crippen LogP contribution >= 0.6 is 0 Å². The van der Waals surface area contributed by atoms with Crippen molar-refractivity contribution in [3.8, 4) is 5.75 Å². The highest BCUT2D eigenvalue weighted by molar-refractivity contribution is 5.46. The van der Waals surface area contributed by atoms with Crippen LogP contribution in [0.5, 0.6) is 5.75 Å². The van der Waals surface area contributed by atoms with Crippen LogP contribution in [0.3, 0.4) is 0 Å². The van der Waals surface area contributed by atoms with Gasteiger partial charge in [-0.25, -0.2) is 4.98 Å². The molecule has 2 heterocycles. The second kappa shape index (κ2) is 5.51. The van der Waals surface area contributed by atoms with Crippen molar-refractivity contribution in [3.05, 3.63) is 51.7 Å². The number of anilines is 1.